The van der Waals surface area contributed by atoms with E-state index < -0.39 is 5.91 Å². The number of furan rings is 1. The molecule has 1 aromatic rings. The van der Waals surface area contributed by atoms with Gasteiger partial charge in [0.15, 0.2) is 5.76 Å². The molecule has 5 heteroatoms. The van der Waals surface area contributed by atoms with Crippen molar-refractivity contribution in [3.05, 3.63) is 34.1 Å². The predicted octanol–water partition coefficient (Wildman–Crippen LogP) is 2.04. The molecule has 0 aliphatic carbocycles. The minimum absolute atomic E-state index is 0.0998. The number of nitrogens with zero attached hydrogens (tertiary/aromatic N) is 3. The van der Waals surface area contributed by atoms with E-state index in [1.54, 1.807) is 13.0 Å². The molecule has 1 amide bonds. The maximum atomic E-state index is 10.8. The summed E-state index contributed by atoms with van der Waals surface area (Å²) in [6.45, 7) is 1.70. The van der Waals surface area contributed by atoms with Crippen molar-refractivity contribution in [2.24, 2.45) is 5.11 Å². The second-order valence-corrected chi connectivity index (χ2v) is 1.93. The van der Waals surface area contributed by atoms with E-state index in [-0.39, 0.29) is 5.76 Å². The highest BCUT2D eigenvalue weighted by atomic mass is 16.3. The van der Waals surface area contributed by atoms with Crippen molar-refractivity contribution in [2.45, 2.75) is 6.92 Å². The van der Waals surface area contributed by atoms with Crippen LogP contribution in [0.2, 0.25) is 0 Å². The van der Waals surface area contributed by atoms with E-state index in [2.05, 4.69) is 10.0 Å². The summed E-state index contributed by atoms with van der Waals surface area (Å²) in [6, 6.07) is 1.63. The van der Waals surface area contributed by atoms with Gasteiger partial charge in [0.25, 0.3) is 5.91 Å². The van der Waals surface area contributed by atoms with E-state index in [4.69, 9.17) is 9.95 Å². The topological polar surface area (TPSA) is 79.0 Å². The first-order chi connectivity index (χ1) is 5.25. The van der Waals surface area contributed by atoms with Gasteiger partial charge in [-0.15, -0.1) is 0 Å². The average Bonchev–Trinajstić information content (AvgIpc) is 2.36. The summed E-state index contributed by atoms with van der Waals surface area (Å²) in [6.07, 6.45) is 1.37. The van der Waals surface area contributed by atoms with Gasteiger partial charge in [-0.2, -0.15) is 0 Å². The number of hydrogen-bond acceptors (Lipinski definition) is 2. The molecule has 0 bridgehead atoms. The molecule has 0 saturated heterocycles. The number of amides is 1. The highest BCUT2D eigenvalue weighted by Crippen LogP contribution is 2.09. The Bertz CT molecular complexity index is 322. The third kappa shape index (κ3) is 1.39. The molecule has 56 valence electrons. The Balaban J connectivity index is 3.02. The number of rotatable bonds is 1. The largest absolute Gasteiger partial charge is 0.461 e. The molecule has 0 unspecified atom stereocenters. The Labute approximate surface area is 62.3 Å². The van der Waals surface area contributed by atoms with E-state index >= 15 is 0 Å². The third-order valence-corrected chi connectivity index (χ3v) is 1.19. The predicted molar refractivity (Wildman–Crippen MR) is 36.9 cm³/mol. The number of hydrogen-bond donors (Lipinski definition) is 0. The van der Waals surface area contributed by atoms with Crippen LogP contribution in [0.15, 0.2) is 21.9 Å². The van der Waals surface area contributed by atoms with Gasteiger partial charge in [-0.3, -0.25) is 4.79 Å². The molecule has 0 atom stereocenters. The van der Waals surface area contributed by atoms with Crippen molar-refractivity contribution in [2.75, 3.05) is 0 Å². The maximum Gasteiger partial charge on any atom is 0.284 e. The van der Waals surface area contributed by atoms with Crippen LogP contribution in [0.1, 0.15) is 16.1 Å². The summed E-state index contributed by atoms with van der Waals surface area (Å²) in [4.78, 5) is 13.2. The number of carbonyl (C=O) groups is 1. The van der Waals surface area contributed by atoms with Crippen LogP contribution in [0, 0.1) is 6.92 Å². The van der Waals surface area contributed by atoms with Crippen LogP contribution in [0.25, 0.3) is 10.4 Å². The SMILES string of the molecule is Cc1ccoc1C(=O)N=[N+]=[N-]. The van der Waals surface area contributed by atoms with Crippen molar-refractivity contribution in [3.63, 3.8) is 0 Å². The molecular formula is C6H5N3O2. The van der Waals surface area contributed by atoms with Crippen LogP contribution in [-0.2, 0) is 0 Å². The molecule has 0 N–H and O–H groups in total. The van der Waals surface area contributed by atoms with E-state index in [1.807, 2.05) is 0 Å². The number of azide groups is 1. The normalized spacial score (nSPS) is 8.82. The Hall–Kier alpha value is -1.74. The minimum Gasteiger partial charge on any atom is -0.461 e. The van der Waals surface area contributed by atoms with Gasteiger partial charge in [-0.25, -0.2) is 0 Å². The highest BCUT2D eigenvalue weighted by molar-refractivity contribution is 5.93. The third-order valence-electron chi connectivity index (χ3n) is 1.19. The minimum atomic E-state index is -0.685. The number of carbonyl (C=O) groups excluding carboxylic acids is 1. The maximum absolute atomic E-state index is 10.8. The molecule has 5 nitrogen and oxygen atoms in total. The second-order valence-electron chi connectivity index (χ2n) is 1.93. The monoisotopic (exact) mass is 151 g/mol. The van der Waals surface area contributed by atoms with Gasteiger partial charge in [0.2, 0.25) is 0 Å². The van der Waals surface area contributed by atoms with E-state index in [1.165, 1.54) is 6.26 Å². The zero-order chi connectivity index (χ0) is 8.27. The van der Waals surface area contributed by atoms with Gasteiger partial charge in [0, 0.05) is 4.91 Å². The van der Waals surface area contributed by atoms with Crippen LogP contribution in [-0.4, -0.2) is 5.91 Å². The molecule has 0 saturated carbocycles. The van der Waals surface area contributed by atoms with Gasteiger partial charge in [-0.1, -0.05) is 0 Å². The summed E-state index contributed by atoms with van der Waals surface area (Å²) in [5, 5.41) is 2.88. The van der Waals surface area contributed by atoms with Crippen LogP contribution in [0.3, 0.4) is 0 Å². The van der Waals surface area contributed by atoms with E-state index in [0.29, 0.717) is 5.56 Å². The Kier molecular flexibility index (Phi) is 1.94. The fourth-order valence-electron chi connectivity index (χ4n) is 0.678. The van der Waals surface area contributed by atoms with Crippen molar-refractivity contribution < 1.29 is 9.21 Å². The first kappa shape index (κ1) is 7.37. The van der Waals surface area contributed by atoms with Gasteiger partial charge < -0.3 is 4.42 Å². The molecule has 1 aromatic heterocycles. The lowest BCUT2D eigenvalue weighted by Crippen LogP contribution is -1.91. The first-order valence-corrected chi connectivity index (χ1v) is 2.89. The molecule has 1 heterocycles. The lowest BCUT2D eigenvalue weighted by Gasteiger charge is -1.86. The Morgan fingerprint density at radius 2 is 2.55 bits per heavy atom. The van der Waals surface area contributed by atoms with Crippen molar-refractivity contribution in [1.82, 2.24) is 0 Å². The second kappa shape index (κ2) is 2.90. The van der Waals surface area contributed by atoms with E-state index in [0.717, 1.165) is 0 Å². The summed E-state index contributed by atoms with van der Waals surface area (Å²) < 4.78 is 4.76. The standard InChI is InChI=1S/C6H5N3O2/c1-4-2-3-11-5(4)6(10)8-9-7/h2-3H,1H3. The van der Waals surface area contributed by atoms with Gasteiger partial charge in [-0.05, 0) is 29.2 Å². The summed E-state index contributed by atoms with van der Waals surface area (Å²) >= 11 is 0. The zero-order valence-corrected chi connectivity index (χ0v) is 5.81. The summed E-state index contributed by atoms with van der Waals surface area (Å²) in [5.41, 5.74) is 8.59. The molecule has 0 aliphatic rings. The van der Waals surface area contributed by atoms with Crippen molar-refractivity contribution in [1.29, 1.82) is 0 Å². The average molecular weight is 151 g/mol. The van der Waals surface area contributed by atoms with Crippen LogP contribution >= 0.6 is 0 Å². The summed E-state index contributed by atoms with van der Waals surface area (Å²) in [5.74, 6) is -0.585. The van der Waals surface area contributed by atoms with Crippen LogP contribution in [0.5, 0.6) is 0 Å². The molecule has 0 spiro atoms. The molecule has 0 radical (unpaired) electrons. The lowest BCUT2D eigenvalue weighted by atomic mass is 10.3. The van der Waals surface area contributed by atoms with Gasteiger partial charge in [0.05, 0.1) is 6.26 Å². The number of aryl methyl sites for hydroxylation is 1. The van der Waals surface area contributed by atoms with E-state index in [9.17, 15) is 4.79 Å². The fourth-order valence-corrected chi connectivity index (χ4v) is 0.678. The van der Waals surface area contributed by atoms with Crippen molar-refractivity contribution in [3.8, 4) is 0 Å². The highest BCUT2D eigenvalue weighted by Gasteiger charge is 2.09. The summed E-state index contributed by atoms with van der Waals surface area (Å²) in [7, 11) is 0. The molecule has 1 rings (SSSR count). The molecule has 11 heavy (non-hydrogen) atoms. The molecular weight excluding hydrogens is 146 g/mol. The van der Waals surface area contributed by atoms with Gasteiger partial charge in [0.1, 0.15) is 0 Å². The Morgan fingerprint density at radius 3 is 3.00 bits per heavy atom. The molecule has 0 aliphatic heterocycles. The first-order valence-electron chi connectivity index (χ1n) is 2.89. The van der Waals surface area contributed by atoms with Crippen LogP contribution < -0.4 is 0 Å². The fraction of sp³-hybridized carbons (Fsp3) is 0.167. The van der Waals surface area contributed by atoms with Crippen molar-refractivity contribution >= 4 is 5.91 Å². The molecule has 0 aromatic carbocycles. The Morgan fingerprint density at radius 1 is 1.82 bits per heavy atom. The zero-order valence-electron chi connectivity index (χ0n) is 5.81. The quantitative estimate of drug-likeness (QED) is 0.349. The smallest absolute Gasteiger partial charge is 0.284 e. The lowest BCUT2D eigenvalue weighted by molar-refractivity contribution is 0.0973. The molecule has 0 fully saturated rings. The van der Waals surface area contributed by atoms with Crippen LogP contribution in [0.4, 0.5) is 0 Å². The van der Waals surface area contributed by atoms with Gasteiger partial charge >= 0.3 is 0 Å².